The molecule has 156 valence electrons. The minimum Gasteiger partial charge on any atom is -0.296 e. The first-order chi connectivity index (χ1) is 13.3. The first-order valence-corrected chi connectivity index (χ1v) is 7.96. The minimum atomic E-state index is -6.08. The predicted octanol–water partition coefficient (Wildman–Crippen LogP) is 2.17. The van der Waals surface area contributed by atoms with E-state index in [0.717, 1.165) is 34.6 Å². The van der Waals surface area contributed by atoms with E-state index in [9.17, 15) is 35.5 Å². The van der Waals surface area contributed by atoms with E-state index in [-0.39, 0.29) is 5.56 Å². The number of rotatable bonds is 4. The van der Waals surface area contributed by atoms with E-state index in [0.29, 0.717) is 5.56 Å². The van der Waals surface area contributed by atoms with Crippen LogP contribution in [0.2, 0.25) is 0 Å². The zero-order chi connectivity index (χ0) is 22.0. The third-order valence-electron chi connectivity index (χ3n) is 3.95. The van der Waals surface area contributed by atoms with Crippen molar-refractivity contribution < 1.29 is 40.5 Å². The summed E-state index contributed by atoms with van der Waals surface area (Å²) in [6, 6.07) is 8.92. The van der Waals surface area contributed by atoms with Gasteiger partial charge in [0.25, 0.3) is 11.7 Å². The van der Waals surface area contributed by atoms with E-state index >= 15 is 0 Å². The van der Waals surface area contributed by atoms with Gasteiger partial charge in [0.05, 0.1) is 11.1 Å². The fraction of sp³-hybridized carbons (Fsp3) is 0.222. The van der Waals surface area contributed by atoms with Crippen LogP contribution in [0, 0.1) is 12.7 Å². The summed E-state index contributed by atoms with van der Waals surface area (Å²) in [6.07, 6.45) is -12.2. The third kappa shape index (κ3) is 4.49. The van der Waals surface area contributed by atoms with Gasteiger partial charge in [-0.1, -0.05) is 29.8 Å². The van der Waals surface area contributed by atoms with Crippen LogP contribution in [0.25, 0.3) is 0 Å². The van der Waals surface area contributed by atoms with Crippen molar-refractivity contribution in [3.63, 3.8) is 0 Å². The minimum absolute atomic E-state index is 0.173. The summed E-state index contributed by atoms with van der Waals surface area (Å²) >= 11 is 0. The number of aryl methyl sites for hydroxylation is 1. The second-order valence-corrected chi connectivity index (χ2v) is 6.08. The van der Waals surface area contributed by atoms with Crippen molar-refractivity contribution in [3.8, 4) is 0 Å². The van der Waals surface area contributed by atoms with Crippen LogP contribution in [0.15, 0.2) is 48.5 Å². The first-order valence-electron chi connectivity index (χ1n) is 7.96. The van der Waals surface area contributed by atoms with Gasteiger partial charge in [-0.2, -0.15) is 26.3 Å². The molecule has 0 aliphatic rings. The van der Waals surface area contributed by atoms with Crippen LogP contribution in [0.3, 0.4) is 0 Å². The van der Waals surface area contributed by atoms with Crippen molar-refractivity contribution in [2.75, 3.05) is 0 Å². The molecule has 2 aromatic rings. The number of nitrogens with one attached hydrogen (secondary N) is 2. The highest BCUT2D eigenvalue weighted by Gasteiger charge is 2.75. The molecule has 1 amide bonds. The molecular weight excluding hydrogens is 407 g/mol. The highest BCUT2D eigenvalue weighted by atomic mass is 19.4. The van der Waals surface area contributed by atoms with Gasteiger partial charge < -0.3 is 0 Å². The maximum absolute atomic E-state index is 13.7. The fourth-order valence-corrected chi connectivity index (χ4v) is 2.37. The van der Waals surface area contributed by atoms with Gasteiger partial charge in [-0.25, -0.2) is 9.38 Å². The van der Waals surface area contributed by atoms with Crippen molar-refractivity contribution in [1.82, 2.24) is 5.32 Å². The molecule has 0 heterocycles. The van der Waals surface area contributed by atoms with Crippen LogP contribution in [0.5, 0.6) is 0 Å². The molecule has 0 saturated heterocycles. The third-order valence-corrected chi connectivity index (χ3v) is 3.95. The number of amidine groups is 1. The van der Waals surface area contributed by atoms with Crippen LogP contribution in [0.1, 0.15) is 21.5 Å². The average molecular weight is 422 g/mol. The van der Waals surface area contributed by atoms with E-state index in [1.165, 1.54) is 24.3 Å². The smallest absolute Gasteiger partial charge is 0.296 e. The Labute approximate surface area is 160 Å². The number of hydrogen-bond acceptors (Lipinski definition) is 1. The Morgan fingerprint density at radius 2 is 1.45 bits per heavy atom. The van der Waals surface area contributed by atoms with Gasteiger partial charge in [0.2, 0.25) is 0 Å². The van der Waals surface area contributed by atoms with Gasteiger partial charge in [0.1, 0.15) is 5.82 Å². The zero-order valence-corrected chi connectivity index (χ0v) is 14.8. The Bertz CT molecular complexity index is 904. The number of hydrogen-bond donors (Lipinski definition) is 3. The Kier molecular flexibility index (Phi) is 5.91. The number of nitrogens with two attached hydrogens (primary N) is 1. The normalized spacial score (nSPS) is 13.3. The van der Waals surface area contributed by atoms with Crippen LogP contribution in [-0.2, 0) is 0 Å². The van der Waals surface area contributed by atoms with E-state index < -0.39 is 41.1 Å². The van der Waals surface area contributed by atoms with Crippen LogP contribution in [0.4, 0.5) is 30.7 Å². The summed E-state index contributed by atoms with van der Waals surface area (Å²) in [6.45, 7) is 1.65. The van der Waals surface area contributed by atoms with Gasteiger partial charge in [0, 0.05) is 0 Å². The average Bonchev–Trinajstić information content (AvgIpc) is 2.59. The number of benzene rings is 2. The van der Waals surface area contributed by atoms with Crippen molar-refractivity contribution in [2.24, 2.45) is 5.73 Å². The van der Waals surface area contributed by atoms with Crippen LogP contribution >= 0.6 is 0 Å². The second-order valence-electron chi connectivity index (χ2n) is 6.08. The molecule has 0 fully saturated rings. The van der Waals surface area contributed by atoms with Gasteiger partial charge in [-0.05, 0) is 31.2 Å². The highest BCUT2D eigenvalue weighted by molar-refractivity contribution is 5.95. The molecule has 29 heavy (non-hydrogen) atoms. The van der Waals surface area contributed by atoms with E-state index in [1.807, 2.05) is 0 Å². The molecule has 0 unspecified atom stereocenters. The summed E-state index contributed by atoms with van der Waals surface area (Å²) < 4.78 is 95.5. The van der Waals surface area contributed by atoms with Crippen molar-refractivity contribution in [3.05, 3.63) is 71.0 Å². The Morgan fingerprint density at radius 3 is 1.93 bits per heavy atom. The molecule has 2 aromatic carbocycles. The van der Waals surface area contributed by atoms with Gasteiger partial charge in [-0.3, -0.25) is 15.8 Å². The molecule has 2 rings (SSSR count). The Hall–Kier alpha value is -3.11. The van der Waals surface area contributed by atoms with Gasteiger partial charge >= 0.3 is 18.0 Å². The van der Waals surface area contributed by atoms with Crippen molar-refractivity contribution in [2.45, 2.75) is 24.9 Å². The lowest BCUT2D eigenvalue weighted by Crippen LogP contribution is -3.02. The number of amides is 1. The Morgan fingerprint density at radius 1 is 0.931 bits per heavy atom. The molecule has 11 heteroatoms. The maximum atomic E-state index is 13.7. The van der Waals surface area contributed by atoms with E-state index in [4.69, 9.17) is 5.73 Å². The number of carbonyl (C=O) groups excluding carboxylic acids is 1. The van der Waals surface area contributed by atoms with E-state index in [1.54, 1.807) is 6.92 Å². The van der Waals surface area contributed by atoms with Crippen LogP contribution < -0.4 is 16.0 Å². The summed E-state index contributed by atoms with van der Waals surface area (Å²) in [5, 5.41) is 0.839. The summed E-state index contributed by atoms with van der Waals surface area (Å²) in [5.41, 5.74) is 0.000812. The maximum Gasteiger partial charge on any atom is 0.462 e. The molecule has 0 bridgehead atoms. The zero-order valence-electron chi connectivity index (χ0n) is 14.8. The molecule has 4 nitrogen and oxygen atoms in total. The van der Waals surface area contributed by atoms with Gasteiger partial charge in [-0.15, -0.1) is 0 Å². The first kappa shape index (κ1) is 22.2. The molecule has 0 saturated carbocycles. The SMILES string of the molecule is Cc1ccc(C(N)=[NH+]C(NC(=O)c2ccccc2F)(C(F)(F)F)C(F)(F)F)cc1. The standard InChI is InChI=1S/C18H14F7N3O/c1-10-6-8-11(9-7-10)14(26)27-16(17(20,21)22,18(23,24)25)28-15(29)12-4-2-3-5-13(12)19/h2-9H,1H3,(H2,26,27)(H,28,29)/p+1. The molecule has 4 N–H and O–H groups in total. The summed E-state index contributed by atoms with van der Waals surface area (Å²) in [7, 11) is 0. The topological polar surface area (TPSA) is 69.1 Å². The highest BCUT2D eigenvalue weighted by Crippen LogP contribution is 2.38. The van der Waals surface area contributed by atoms with Crippen molar-refractivity contribution in [1.29, 1.82) is 0 Å². The fourth-order valence-electron chi connectivity index (χ4n) is 2.37. The van der Waals surface area contributed by atoms with Crippen molar-refractivity contribution >= 4 is 11.7 Å². The number of alkyl halides is 6. The summed E-state index contributed by atoms with van der Waals surface area (Å²) in [4.78, 5) is 13.3. The lowest BCUT2D eigenvalue weighted by Gasteiger charge is -2.32. The predicted molar refractivity (Wildman–Crippen MR) is 89.1 cm³/mol. The molecule has 0 aromatic heterocycles. The lowest BCUT2D eigenvalue weighted by molar-refractivity contribution is -0.651. The molecule has 0 aliphatic carbocycles. The van der Waals surface area contributed by atoms with E-state index in [2.05, 4.69) is 0 Å². The lowest BCUT2D eigenvalue weighted by atomic mass is 10.1. The largest absolute Gasteiger partial charge is 0.462 e. The van der Waals surface area contributed by atoms with Gasteiger partial charge in [0.15, 0.2) is 0 Å². The second kappa shape index (κ2) is 7.72. The monoisotopic (exact) mass is 422 g/mol. The summed E-state index contributed by atoms with van der Waals surface area (Å²) in [5.74, 6) is -4.21. The molecular formula is C18H15F7N3O+. The number of nitrogen functional groups attached to an aromatic ring is 1. The Balaban J connectivity index is 2.63. The molecule has 0 spiro atoms. The quantitative estimate of drug-likeness (QED) is 0.306. The molecule has 0 atom stereocenters. The number of carbonyl (C=O) groups is 1. The number of halogens is 7. The molecule has 0 aliphatic heterocycles. The van der Waals surface area contributed by atoms with Crippen LogP contribution in [-0.4, -0.2) is 29.8 Å². The molecule has 0 radical (unpaired) electrons.